The normalized spacial score (nSPS) is 11.8. The number of H-pyrrole nitrogens is 1. The van der Waals surface area contributed by atoms with Gasteiger partial charge in [-0.3, -0.25) is 9.59 Å². The standard InChI is InChI=1S/C8H9N3O5/c12-6-2-5(9-3-10-6)11-4(8(15)16)1-7(13)14/h2-4H,1H2,(H,13,14)(H,15,16)(H2,9,10,11,12). The van der Waals surface area contributed by atoms with Crippen LogP contribution in [0.1, 0.15) is 6.42 Å². The van der Waals surface area contributed by atoms with E-state index in [0.717, 1.165) is 12.4 Å². The van der Waals surface area contributed by atoms with Crippen LogP contribution in [0.15, 0.2) is 17.2 Å². The van der Waals surface area contributed by atoms with Crippen LogP contribution in [0.2, 0.25) is 0 Å². The van der Waals surface area contributed by atoms with Gasteiger partial charge < -0.3 is 20.5 Å². The van der Waals surface area contributed by atoms with E-state index in [-0.39, 0.29) is 5.82 Å². The number of aromatic nitrogens is 2. The largest absolute Gasteiger partial charge is 0.481 e. The minimum atomic E-state index is -1.33. The molecule has 4 N–H and O–H groups in total. The lowest BCUT2D eigenvalue weighted by Gasteiger charge is -2.11. The van der Waals surface area contributed by atoms with Crippen molar-refractivity contribution in [2.24, 2.45) is 0 Å². The van der Waals surface area contributed by atoms with Gasteiger partial charge in [0.2, 0.25) is 0 Å². The Bertz CT molecular complexity index is 455. The lowest BCUT2D eigenvalue weighted by atomic mass is 10.2. The quantitative estimate of drug-likeness (QED) is 0.512. The third-order valence-corrected chi connectivity index (χ3v) is 1.68. The zero-order valence-electron chi connectivity index (χ0n) is 8.01. The maximum atomic E-state index is 10.9. The third-order valence-electron chi connectivity index (χ3n) is 1.68. The van der Waals surface area contributed by atoms with E-state index in [1.54, 1.807) is 0 Å². The zero-order chi connectivity index (χ0) is 12.1. The molecule has 0 aliphatic carbocycles. The Hall–Kier alpha value is -2.38. The predicted octanol–water partition coefficient (Wildman–Crippen LogP) is -0.890. The summed E-state index contributed by atoms with van der Waals surface area (Å²) in [5.41, 5.74) is -0.461. The first-order chi connectivity index (χ1) is 7.49. The van der Waals surface area contributed by atoms with Crippen LogP contribution >= 0.6 is 0 Å². The highest BCUT2D eigenvalue weighted by atomic mass is 16.4. The number of carbonyl (C=O) groups is 2. The van der Waals surface area contributed by atoms with Crippen LogP contribution in [-0.4, -0.2) is 38.2 Å². The summed E-state index contributed by atoms with van der Waals surface area (Å²) in [6.45, 7) is 0. The highest BCUT2D eigenvalue weighted by Gasteiger charge is 2.21. The highest BCUT2D eigenvalue weighted by molar-refractivity contribution is 5.83. The number of nitrogens with zero attached hydrogens (tertiary/aromatic N) is 1. The molecule has 1 rings (SSSR count). The van der Waals surface area contributed by atoms with Crippen molar-refractivity contribution in [2.75, 3.05) is 5.32 Å². The van der Waals surface area contributed by atoms with Crippen molar-refractivity contribution in [1.29, 1.82) is 0 Å². The number of anilines is 1. The second-order valence-electron chi connectivity index (χ2n) is 2.93. The fourth-order valence-corrected chi connectivity index (χ4v) is 1.00. The van der Waals surface area contributed by atoms with Gasteiger partial charge >= 0.3 is 11.9 Å². The topological polar surface area (TPSA) is 132 Å². The maximum Gasteiger partial charge on any atom is 0.326 e. The minimum Gasteiger partial charge on any atom is -0.481 e. The zero-order valence-corrected chi connectivity index (χ0v) is 8.01. The van der Waals surface area contributed by atoms with Gasteiger partial charge in [0.25, 0.3) is 5.56 Å². The lowest BCUT2D eigenvalue weighted by Crippen LogP contribution is -2.32. The van der Waals surface area contributed by atoms with Crippen molar-refractivity contribution >= 4 is 17.8 Å². The Kier molecular flexibility index (Phi) is 3.59. The summed E-state index contributed by atoms with van der Waals surface area (Å²) in [5.74, 6) is -2.58. The molecule has 0 aliphatic heterocycles. The fraction of sp³-hybridized carbons (Fsp3) is 0.250. The average molecular weight is 227 g/mol. The molecule has 0 radical (unpaired) electrons. The van der Waals surface area contributed by atoms with Crippen LogP contribution in [0.25, 0.3) is 0 Å². The van der Waals surface area contributed by atoms with E-state index >= 15 is 0 Å². The van der Waals surface area contributed by atoms with Crippen molar-refractivity contribution in [2.45, 2.75) is 12.5 Å². The summed E-state index contributed by atoms with van der Waals surface area (Å²) < 4.78 is 0. The molecule has 1 heterocycles. The molecule has 0 saturated heterocycles. The monoisotopic (exact) mass is 227 g/mol. The Morgan fingerprint density at radius 3 is 2.69 bits per heavy atom. The van der Waals surface area contributed by atoms with E-state index < -0.39 is 30.0 Å². The second kappa shape index (κ2) is 4.91. The summed E-state index contributed by atoms with van der Waals surface area (Å²) >= 11 is 0. The molecule has 0 saturated carbocycles. The van der Waals surface area contributed by atoms with Gasteiger partial charge in [-0.2, -0.15) is 0 Å². The molecule has 0 bridgehead atoms. The third kappa shape index (κ3) is 3.40. The summed E-state index contributed by atoms with van der Waals surface area (Å²) in [4.78, 5) is 37.8. The molecular formula is C8H9N3O5. The van der Waals surface area contributed by atoms with E-state index in [1.165, 1.54) is 0 Å². The molecule has 1 aromatic heterocycles. The van der Waals surface area contributed by atoms with E-state index in [2.05, 4.69) is 15.3 Å². The van der Waals surface area contributed by atoms with Gasteiger partial charge in [-0.25, -0.2) is 9.78 Å². The summed E-state index contributed by atoms with van der Waals surface area (Å²) in [5, 5.41) is 19.5. The van der Waals surface area contributed by atoms with Crippen molar-refractivity contribution in [1.82, 2.24) is 9.97 Å². The number of aliphatic carboxylic acids is 2. The highest BCUT2D eigenvalue weighted by Crippen LogP contribution is 2.03. The summed E-state index contributed by atoms with van der Waals surface area (Å²) in [6, 6.07) is -0.288. The molecule has 0 aliphatic rings. The first-order valence-corrected chi connectivity index (χ1v) is 4.25. The number of hydrogen-bond donors (Lipinski definition) is 4. The SMILES string of the molecule is O=C(O)CC(Nc1cc(=O)[nH]cn1)C(=O)O. The molecule has 0 aromatic carbocycles. The van der Waals surface area contributed by atoms with Crippen molar-refractivity contribution in [3.05, 3.63) is 22.7 Å². The van der Waals surface area contributed by atoms with E-state index in [9.17, 15) is 14.4 Å². The lowest BCUT2D eigenvalue weighted by molar-refractivity contribution is -0.144. The number of aromatic amines is 1. The van der Waals surface area contributed by atoms with E-state index in [1.807, 2.05) is 0 Å². The number of hydrogen-bond acceptors (Lipinski definition) is 5. The van der Waals surface area contributed by atoms with Gasteiger partial charge in [-0.15, -0.1) is 0 Å². The first-order valence-electron chi connectivity index (χ1n) is 4.25. The molecule has 0 amide bonds. The maximum absolute atomic E-state index is 10.9. The van der Waals surface area contributed by atoms with E-state index in [0.29, 0.717) is 0 Å². The van der Waals surface area contributed by atoms with E-state index in [4.69, 9.17) is 10.2 Å². The fourth-order valence-electron chi connectivity index (χ4n) is 1.00. The number of rotatable bonds is 5. The van der Waals surface area contributed by atoms with Gasteiger partial charge in [0.1, 0.15) is 11.9 Å². The molecule has 1 aromatic rings. The molecule has 0 fully saturated rings. The van der Waals surface area contributed by atoms with Crippen molar-refractivity contribution in [3.63, 3.8) is 0 Å². The Balaban J connectivity index is 2.79. The number of carboxylic acids is 2. The van der Waals surface area contributed by atoms with Gasteiger partial charge in [-0.1, -0.05) is 0 Å². The minimum absolute atomic E-state index is 0.0115. The second-order valence-corrected chi connectivity index (χ2v) is 2.93. The molecule has 8 nitrogen and oxygen atoms in total. The van der Waals surface area contributed by atoms with Gasteiger partial charge in [-0.05, 0) is 0 Å². The van der Waals surface area contributed by atoms with Gasteiger partial charge in [0, 0.05) is 6.07 Å². The molecule has 86 valence electrons. The molecule has 1 atom stereocenters. The average Bonchev–Trinajstić information content (AvgIpc) is 2.15. The van der Waals surface area contributed by atoms with Crippen LogP contribution in [-0.2, 0) is 9.59 Å². The van der Waals surface area contributed by atoms with Crippen molar-refractivity contribution < 1.29 is 19.8 Å². The molecule has 1 unspecified atom stereocenters. The van der Waals surface area contributed by atoms with Crippen LogP contribution < -0.4 is 10.9 Å². The Labute approximate surface area is 89.0 Å². The molecule has 8 heteroatoms. The van der Waals surface area contributed by atoms with Crippen LogP contribution in [0.4, 0.5) is 5.82 Å². The van der Waals surface area contributed by atoms with Gasteiger partial charge in [0.05, 0.1) is 12.7 Å². The van der Waals surface area contributed by atoms with Crippen LogP contribution in [0.3, 0.4) is 0 Å². The number of carboxylic acid groups (broad SMARTS) is 2. The smallest absolute Gasteiger partial charge is 0.326 e. The van der Waals surface area contributed by atoms with Gasteiger partial charge in [0.15, 0.2) is 0 Å². The number of nitrogens with one attached hydrogen (secondary N) is 2. The summed E-state index contributed by atoms with van der Waals surface area (Å²) in [7, 11) is 0. The predicted molar refractivity (Wildman–Crippen MR) is 52.2 cm³/mol. The Morgan fingerprint density at radius 2 is 2.19 bits per heavy atom. The summed E-state index contributed by atoms with van der Waals surface area (Å²) in [6.07, 6.45) is 0.480. The molecule has 16 heavy (non-hydrogen) atoms. The van der Waals surface area contributed by atoms with Crippen LogP contribution in [0.5, 0.6) is 0 Å². The first kappa shape index (κ1) is 11.7. The Morgan fingerprint density at radius 1 is 1.50 bits per heavy atom. The van der Waals surface area contributed by atoms with Crippen molar-refractivity contribution in [3.8, 4) is 0 Å². The molecular weight excluding hydrogens is 218 g/mol. The molecule has 0 spiro atoms. The van der Waals surface area contributed by atoms with Crippen LogP contribution in [0, 0.1) is 0 Å².